The molecule has 0 aromatic rings. The highest BCUT2D eigenvalue weighted by molar-refractivity contribution is 5.78. The molecule has 98 valence electrons. The number of fused-ring (bicyclic) bond motifs is 1. The first kappa shape index (κ1) is 12.7. The van der Waals surface area contributed by atoms with Gasteiger partial charge in [-0.15, -0.1) is 0 Å². The Kier molecular flexibility index (Phi) is 3.34. The minimum Gasteiger partial charge on any atom is -0.377 e. The van der Waals surface area contributed by atoms with Gasteiger partial charge in [0.1, 0.15) is 0 Å². The first-order chi connectivity index (χ1) is 8.02. The average Bonchev–Trinajstić information content (AvgIpc) is 2.74. The maximum atomic E-state index is 6.09. The van der Waals surface area contributed by atoms with Crippen LogP contribution in [0.5, 0.6) is 0 Å². The van der Waals surface area contributed by atoms with Gasteiger partial charge < -0.3 is 15.4 Å². The fourth-order valence-electron chi connectivity index (χ4n) is 3.33. The van der Waals surface area contributed by atoms with Crippen molar-refractivity contribution in [3.8, 4) is 0 Å². The van der Waals surface area contributed by atoms with Crippen LogP contribution in [0.1, 0.15) is 34.1 Å². The summed E-state index contributed by atoms with van der Waals surface area (Å²) in [5.41, 5.74) is 6.23. The number of nitrogens with zero attached hydrogens (tertiary/aromatic N) is 2. The lowest BCUT2D eigenvalue weighted by molar-refractivity contribution is -0.0987. The molecule has 2 fully saturated rings. The molecule has 1 aliphatic heterocycles. The zero-order valence-electron chi connectivity index (χ0n) is 11.4. The summed E-state index contributed by atoms with van der Waals surface area (Å²) in [7, 11) is 0. The Hall–Kier alpha value is -0.770. The molecule has 0 amide bonds. The second kappa shape index (κ2) is 4.48. The molecule has 3 atom stereocenters. The van der Waals surface area contributed by atoms with Crippen LogP contribution in [0.15, 0.2) is 4.99 Å². The van der Waals surface area contributed by atoms with Gasteiger partial charge in [-0.25, -0.2) is 4.99 Å². The molecule has 17 heavy (non-hydrogen) atoms. The van der Waals surface area contributed by atoms with E-state index in [1.807, 2.05) is 0 Å². The van der Waals surface area contributed by atoms with Gasteiger partial charge in [0.15, 0.2) is 5.96 Å². The summed E-state index contributed by atoms with van der Waals surface area (Å²) in [5.74, 6) is 1.28. The van der Waals surface area contributed by atoms with Crippen LogP contribution in [0.3, 0.4) is 0 Å². The molecule has 2 aliphatic rings. The molecule has 2 rings (SSSR count). The largest absolute Gasteiger partial charge is 0.377 e. The smallest absolute Gasteiger partial charge is 0.191 e. The van der Waals surface area contributed by atoms with Crippen LogP contribution < -0.4 is 5.73 Å². The minimum atomic E-state index is 0.138. The maximum Gasteiger partial charge on any atom is 0.191 e. The number of ether oxygens (including phenoxy) is 1. The van der Waals surface area contributed by atoms with Gasteiger partial charge in [0.2, 0.25) is 0 Å². The van der Waals surface area contributed by atoms with Gasteiger partial charge in [-0.3, -0.25) is 0 Å². The summed E-state index contributed by atoms with van der Waals surface area (Å²) in [6.07, 6.45) is 1.52. The van der Waals surface area contributed by atoms with E-state index in [1.165, 1.54) is 0 Å². The number of hydrogen-bond donors (Lipinski definition) is 1. The Balaban J connectivity index is 2.10. The van der Waals surface area contributed by atoms with Crippen LogP contribution in [-0.2, 0) is 4.74 Å². The number of guanidine groups is 1. The molecule has 1 saturated carbocycles. The van der Waals surface area contributed by atoms with Crippen molar-refractivity contribution < 1.29 is 4.74 Å². The SMILES string of the molecule is CCN(CC)C(N)=NC1C2CCOC2C1(C)C. The van der Waals surface area contributed by atoms with Crippen molar-refractivity contribution in [1.82, 2.24) is 4.90 Å². The third-order valence-corrected chi connectivity index (χ3v) is 4.40. The van der Waals surface area contributed by atoms with Crippen molar-refractivity contribution in [2.24, 2.45) is 22.1 Å². The molecule has 0 aromatic carbocycles. The highest BCUT2D eigenvalue weighted by Gasteiger charge is 2.59. The molecule has 4 heteroatoms. The lowest BCUT2D eigenvalue weighted by Gasteiger charge is -2.52. The lowest BCUT2D eigenvalue weighted by atomic mass is 9.57. The number of aliphatic imine (C=N–C) groups is 1. The third kappa shape index (κ3) is 1.92. The number of hydrogen-bond acceptors (Lipinski definition) is 2. The van der Waals surface area contributed by atoms with E-state index in [4.69, 9.17) is 15.5 Å². The van der Waals surface area contributed by atoms with Crippen molar-refractivity contribution >= 4 is 5.96 Å². The van der Waals surface area contributed by atoms with Gasteiger partial charge in [-0.05, 0) is 20.3 Å². The summed E-state index contributed by atoms with van der Waals surface area (Å²) in [4.78, 5) is 6.87. The van der Waals surface area contributed by atoms with Crippen molar-refractivity contribution in [1.29, 1.82) is 0 Å². The molecule has 0 spiro atoms. The van der Waals surface area contributed by atoms with E-state index >= 15 is 0 Å². The van der Waals surface area contributed by atoms with Crippen LogP contribution in [0.4, 0.5) is 0 Å². The van der Waals surface area contributed by atoms with Gasteiger partial charge in [-0.1, -0.05) is 13.8 Å². The first-order valence-electron chi connectivity index (χ1n) is 6.72. The Morgan fingerprint density at radius 2 is 2.06 bits per heavy atom. The third-order valence-electron chi connectivity index (χ3n) is 4.40. The van der Waals surface area contributed by atoms with E-state index in [9.17, 15) is 0 Å². The maximum absolute atomic E-state index is 6.09. The quantitative estimate of drug-likeness (QED) is 0.599. The number of rotatable bonds is 3. The van der Waals surface area contributed by atoms with Gasteiger partial charge in [0.05, 0.1) is 12.1 Å². The first-order valence-corrected chi connectivity index (χ1v) is 6.72. The molecular weight excluding hydrogens is 214 g/mol. The summed E-state index contributed by atoms with van der Waals surface area (Å²) in [5, 5.41) is 0. The normalized spacial score (nSPS) is 35.3. The molecule has 4 nitrogen and oxygen atoms in total. The fourth-order valence-corrected chi connectivity index (χ4v) is 3.33. The Bertz CT molecular complexity index is 310. The van der Waals surface area contributed by atoms with Crippen molar-refractivity contribution in [3.63, 3.8) is 0 Å². The van der Waals surface area contributed by atoms with E-state index in [0.29, 0.717) is 24.0 Å². The zero-order valence-corrected chi connectivity index (χ0v) is 11.4. The average molecular weight is 239 g/mol. The summed E-state index contributed by atoms with van der Waals surface area (Å²) in [6, 6.07) is 0.329. The highest BCUT2D eigenvalue weighted by Crippen LogP contribution is 2.53. The van der Waals surface area contributed by atoms with Gasteiger partial charge >= 0.3 is 0 Å². The number of nitrogens with two attached hydrogens (primary N) is 1. The van der Waals surface area contributed by atoms with Gasteiger partial charge in [-0.2, -0.15) is 0 Å². The fraction of sp³-hybridized carbons (Fsp3) is 0.923. The summed E-state index contributed by atoms with van der Waals surface area (Å²) in [6.45, 7) is 11.4. The predicted molar refractivity (Wildman–Crippen MR) is 70.0 cm³/mol. The standard InChI is InChI=1S/C13H25N3O/c1-5-16(6-2)12(14)15-10-9-7-8-17-11(9)13(10,3)4/h9-11H,5-8H2,1-4H3,(H2,14,15). The second-order valence-corrected chi connectivity index (χ2v) is 5.67. The van der Waals surface area contributed by atoms with Crippen LogP contribution in [-0.4, -0.2) is 42.7 Å². The Morgan fingerprint density at radius 3 is 2.65 bits per heavy atom. The molecule has 1 saturated heterocycles. The van der Waals surface area contributed by atoms with E-state index < -0.39 is 0 Å². The Morgan fingerprint density at radius 1 is 1.41 bits per heavy atom. The van der Waals surface area contributed by atoms with Crippen LogP contribution >= 0.6 is 0 Å². The van der Waals surface area contributed by atoms with Crippen LogP contribution in [0.2, 0.25) is 0 Å². The molecule has 0 bridgehead atoms. The van der Waals surface area contributed by atoms with Crippen molar-refractivity contribution in [3.05, 3.63) is 0 Å². The van der Waals surface area contributed by atoms with E-state index in [1.54, 1.807) is 0 Å². The molecular formula is C13H25N3O. The molecule has 1 heterocycles. The topological polar surface area (TPSA) is 50.8 Å². The van der Waals surface area contributed by atoms with Gasteiger partial charge in [0, 0.05) is 31.0 Å². The van der Waals surface area contributed by atoms with Crippen molar-refractivity contribution in [2.75, 3.05) is 19.7 Å². The van der Waals surface area contributed by atoms with Crippen LogP contribution in [0, 0.1) is 11.3 Å². The van der Waals surface area contributed by atoms with E-state index in [-0.39, 0.29) is 5.41 Å². The summed E-state index contributed by atoms with van der Waals surface area (Å²) >= 11 is 0. The molecule has 0 aromatic heterocycles. The summed E-state index contributed by atoms with van der Waals surface area (Å²) < 4.78 is 5.77. The van der Waals surface area contributed by atoms with Crippen LogP contribution in [0.25, 0.3) is 0 Å². The van der Waals surface area contributed by atoms with Gasteiger partial charge in [0.25, 0.3) is 0 Å². The lowest BCUT2D eigenvalue weighted by Crippen LogP contribution is -2.59. The second-order valence-electron chi connectivity index (χ2n) is 5.67. The molecule has 0 radical (unpaired) electrons. The Labute approximate surface area is 104 Å². The monoisotopic (exact) mass is 239 g/mol. The highest BCUT2D eigenvalue weighted by atomic mass is 16.5. The zero-order chi connectivity index (χ0) is 12.6. The molecule has 2 N–H and O–H groups in total. The predicted octanol–water partition coefficient (Wildman–Crippen LogP) is 1.46. The minimum absolute atomic E-state index is 0.138. The molecule has 1 aliphatic carbocycles. The van der Waals surface area contributed by atoms with E-state index in [0.717, 1.165) is 26.1 Å². The van der Waals surface area contributed by atoms with E-state index in [2.05, 4.69) is 32.6 Å². The van der Waals surface area contributed by atoms with Crippen molar-refractivity contribution in [2.45, 2.75) is 46.3 Å². The molecule has 3 unspecified atom stereocenters.